The number of amides is 4. The number of rotatable bonds is 10. The average Bonchev–Trinajstić information content (AvgIpc) is 2.48. The molecule has 0 aromatic carbocycles. The molecule has 9 N–H and O–H groups in total. The molecule has 0 radical (unpaired) electrons. The Morgan fingerprint density at radius 3 is 2.04 bits per heavy atom. The average molecular weight is 333 g/mol. The summed E-state index contributed by atoms with van der Waals surface area (Å²) in [5.74, 6) is -4.75. The minimum Gasteiger partial charge on any atom is -0.480 e. The van der Waals surface area contributed by atoms with Crippen LogP contribution in [0.1, 0.15) is 6.42 Å². The van der Waals surface area contributed by atoms with Crippen molar-refractivity contribution in [3.8, 4) is 0 Å². The largest absolute Gasteiger partial charge is 0.480 e. The molecule has 0 saturated heterocycles. The smallest absolute Gasteiger partial charge is 0.322 e. The van der Waals surface area contributed by atoms with Crippen LogP contribution in [0.5, 0.6) is 0 Å². The van der Waals surface area contributed by atoms with Crippen LogP contribution < -0.4 is 27.4 Å². The number of carbonyl (C=O) groups excluding carboxylic acids is 4. The Hall–Kier alpha value is -2.73. The number of nitrogens with two attached hydrogens (primary N) is 2. The van der Waals surface area contributed by atoms with Gasteiger partial charge in [0.05, 0.1) is 19.6 Å². The molecule has 4 amide bonds. The van der Waals surface area contributed by atoms with E-state index in [1.165, 1.54) is 0 Å². The Morgan fingerprint density at radius 2 is 1.57 bits per heavy atom. The molecule has 0 aromatic heterocycles. The maximum absolute atomic E-state index is 11.7. The summed E-state index contributed by atoms with van der Waals surface area (Å²) in [5, 5.41) is 23.3. The Bertz CT molecular complexity index is 481. The number of aliphatic carboxylic acids is 1. The summed E-state index contributed by atoms with van der Waals surface area (Å²) >= 11 is 0. The first-order valence-electron chi connectivity index (χ1n) is 6.38. The van der Waals surface area contributed by atoms with Crippen LogP contribution in [0.4, 0.5) is 0 Å². The lowest BCUT2D eigenvalue weighted by molar-refractivity contribution is -0.138. The van der Waals surface area contributed by atoms with Crippen LogP contribution in [0.15, 0.2) is 0 Å². The molecule has 2 unspecified atom stereocenters. The molecule has 2 atom stereocenters. The fraction of sp³-hybridized carbons (Fsp3) is 0.545. The number of carboxylic acid groups (broad SMARTS) is 1. The Morgan fingerprint density at radius 1 is 1.00 bits per heavy atom. The highest BCUT2D eigenvalue weighted by Crippen LogP contribution is 1.92. The molecule has 0 bridgehead atoms. The van der Waals surface area contributed by atoms with Crippen LogP contribution in [0, 0.1) is 0 Å². The third-order valence-corrected chi connectivity index (χ3v) is 2.43. The summed E-state index contributed by atoms with van der Waals surface area (Å²) in [6.45, 7) is -1.88. The number of carboxylic acids is 1. The third kappa shape index (κ3) is 9.00. The predicted octanol–water partition coefficient (Wildman–Crippen LogP) is -5.02. The van der Waals surface area contributed by atoms with Gasteiger partial charge in [-0.2, -0.15) is 0 Å². The standard InChI is InChI=1S/C11H19N5O7/c12-5(4-17)10(22)14-2-8(19)16-6(1-7(13)18)11(23)15-3-9(20)21/h5-6,17H,1-4,12H2,(H2,13,18)(H,14,22)(H,15,23)(H,16,19)(H,20,21). The Kier molecular flexibility index (Phi) is 8.88. The SMILES string of the molecule is NC(=O)CC(NC(=O)CNC(=O)C(N)CO)C(=O)NCC(=O)O. The number of aliphatic hydroxyl groups excluding tert-OH is 1. The van der Waals surface area contributed by atoms with Crippen LogP contribution in [0.25, 0.3) is 0 Å². The summed E-state index contributed by atoms with van der Waals surface area (Å²) < 4.78 is 0. The second-order valence-electron chi connectivity index (χ2n) is 4.41. The molecule has 0 saturated carbocycles. The highest BCUT2D eigenvalue weighted by atomic mass is 16.4. The summed E-state index contributed by atoms with van der Waals surface area (Å²) in [6, 6.07) is -2.59. The minimum atomic E-state index is -1.39. The van der Waals surface area contributed by atoms with Gasteiger partial charge in [0.15, 0.2) is 0 Å². The zero-order valence-corrected chi connectivity index (χ0v) is 12.1. The first-order chi connectivity index (χ1) is 10.7. The van der Waals surface area contributed by atoms with E-state index in [1.54, 1.807) is 0 Å². The zero-order chi connectivity index (χ0) is 18.0. The van der Waals surface area contributed by atoms with Crippen molar-refractivity contribution in [2.45, 2.75) is 18.5 Å². The van der Waals surface area contributed by atoms with Gasteiger partial charge in [-0.05, 0) is 0 Å². The van der Waals surface area contributed by atoms with Gasteiger partial charge in [-0.3, -0.25) is 24.0 Å². The highest BCUT2D eigenvalue weighted by molar-refractivity contribution is 5.94. The van der Waals surface area contributed by atoms with E-state index < -0.39 is 67.8 Å². The Balaban J connectivity index is 4.54. The predicted molar refractivity (Wildman–Crippen MR) is 74.5 cm³/mol. The minimum absolute atomic E-state index is 0.554. The third-order valence-electron chi connectivity index (χ3n) is 2.43. The monoisotopic (exact) mass is 333 g/mol. The van der Waals surface area contributed by atoms with E-state index >= 15 is 0 Å². The van der Waals surface area contributed by atoms with Crippen LogP contribution in [0.2, 0.25) is 0 Å². The first-order valence-corrected chi connectivity index (χ1v) is 6.38. The van der Waals surface area contributed by atoms with Crippen molar-refractivity contribution in [2.24, 2.45) is 11.5 Å². The van der Waals surface area contributed by atoms with E-state index in [2.05, 4.69) is 10.6 Å². The molecule has 0 fully saturated rings. The number of aliphatic hydroxyl groups is 1. The van der Waals surface area contributed by atoms with Gasteiger partial charge in [0.2, 0.25) is 23.6 Å². The van der Waals surface area contributed by atoms with Crippen molar-refractivity contribution in [1.82, 2.24) is 16.0 Å². The van der Waals surface area contributed by atoms with Gasteiger partial charge in [-0.1, -0.05) is 0 Å². The molecule has 23 heavy (non-hydrogen) atoms. The Labute approximate surface area is 130 Å². The zero-order valence-electron chi connectivity index (χ0n) is 12.1. The molecule has 0 heterocycles. The quantitative estimate of drug-likeness (QED) is 0.205. The first kappa shape index (κ1) is 20.3. The van der Waals surface area contributed by atoms with Gasteiger partial charge in [-0.15, -0.1) is 0 Å². The topological polar surface area (TPSA) is 214 Å². The lowest BCUT2D eigenvalue weighted by Crippen LogP contribution is -2.52. The summed E-state index contributed by atoms with van der Waals surface area (Å²) in [6.07, 6.45) is -0.554. The fourth-order valence-corrected chi connectivity index (χ4v) is 1.32. The maximum Gasteiger partial charge on any atom is 0.322 e. The number of primary amides is 1. The van der Waals surface area contributed by atoms with Crippen molar-refractivity contribution in [3.63, 3.8) is 0 Å². The van der Waals surface area contributed by atoms with E-state index in [0.29, 0.717) is 0 Å². The number of hydrogen-bond acceptors (Lipinski definition) is 7. The lowest BCUT2D eigenvalue weighted by Gasteiger charge is -2.17. The van der Waals surface area contributed by atoms with Crippen molar-refractivity contribution < 1.29 is 34.2 Å². The van der Waals surface area contributed by atoms with Crippen LogP contribution in [-0.4, -0.2) is 71.6 Å². The number of hydrogen-bond donors (Lipinski definition) is 7. The van der Waals surface area contributed by atoms with E-state index in [4.69, 9.17) is 21.7 Å². The van der Waals surface area contributed by atoms with E-state index in [9.17, 15) is 24.0 Å². The second kappa shape index (κ2) is 10.1. The maximum atomic E-state index is 11.7. The van der Waals surface area contributed by atoms with E-state index in [-0.39, 0.29) is 0 Å². The molecule has 12 nitrogen and oxygen atoms in total. The van der Waals surface area contributed by atoms with Crippen LogP contribution in [-0.2, 0) is 24.0 Å². The molecule has 12 heteroatoms. The van der Waals surface area contributed by atoms with Gasteiger partial charge in [-0.25, -0.2) is 0 Å². The normalized spacial score (nSPS) is 12.6. The van der Waals surface area contributed by atoms with E-state index in [0.717, 1.165) is 0 Å². The molecule has 0 rings (SSSR count). The van der Waals surface area contributed by atoms with Crippen molar-refractivity contribution in [2.75, 3.05) is 19.7 Å². The highest BCUT2D eigenvalue weighted by Gasteiger charge is 2.23. The molecular formula is C11H19N5O7. The number of nitrogens with one attached hydrogen (secondary N) is 3. The number of carbonyl (C=O) groups is 5. The molecule has 130 valence electrons. The molecule has 0 aliphatic carbocycles. The van der Waals surface area contributed by atoms with Gasteiger partial charge >= 0.3 is 5.97 Å². The molecule has 0 aromatic rings. The summed E-state index contributed by atoms with van der Waals surface area (Å²) in [5.41, 5.74) is 10.2. The van der Waals surface area contributed by atoms with Gasteiger partial charge in [0, 0.05) is 0 Å². The van der Waals surface area contributed by atoms with Gasteiger partial charge < -0.3 is 37.6 Å². The molecular weight excluding hydrogens is 314 g/mol. The molecule has 0 aliphatic rings. The van der Waals surface area contributed by atoms with Crippen LogP contribution >= 0.6 is 0 Å². The van der Waals surface area contributed by atoms with Gasteiger partial charge in [0.25, 0.3) is 0 Å². The van der Waals surface area contributed by atoms with Crippen LogP contribution in [0.3, 0.4) is 0 Å². The van der Waals surface area contributed by atoms with Gasteiger partial charge in [0.1, 0.15) is 18.6 Å². The van der Waals surface area contributed by atoms with Crippen molar-refractivity contribution >= 4 is 29.6 Å². The molecule has 0 aliphatic heterocycles. The summed E-state index contributed by atoms with van der Waals surface area (Å²) in [4.78, 5) is 55.8. The van der Waals surface area contributed by atoms with Crippen molar-refractivity contribution in [3.05, 3.63) is 0 Å². The summed E-state index contributed by atoms with van der Waals surface area (Å²) in [7, 11) is 0. The lowest BCUT2D eigenvalue weighted by atomic mass is 10.2. The molecule has 0 spiro atoms. The van der Waals surface area contributed by atoms with E-state index in [1.807, 2.05) is 5.32 Å². The second-order valence-corrected chi connectivity index (χ2v) is 4.41. The van der Waals surface area contributed by atoms with Crippen molar-refractivity contribution in [1.29, 1.82) is 0 Å². The fourth-order valence-electron chi connectivity index (χ4n) is 1.32.